The molecule has 94 valence electrons. The highest BCUT2D eigenvalue weighted by Gasteiger charge is 2.22. The van der Waals surface area contributed by atoms with Crippen molar-refractivity contribution in [3.8, 4) is 11.8 Å². The molecule has 0 aliphatic carbocycles. The summed E-state index contributed by atoms with van der Waals surface area (Å²) in [6.07, 6.45) is 1.64. The van der Waals surface area contributed by atoms with Crippen molar-refractivity contribution < 1.29 is 9.53 Å². The van der Waals surface area contributed by atoms with Gasteiger partial charge >= 0.3 is 0 Å². The zero-order valence-corrected chi connectivity index (χ0v) is 10.4. The first-order valence-corrected chi connectivity index (χ1v) is 6.11. The van der Waals surface area contributed by atoms with Crippen LogP contribution in [0.1, 0.15) is 36.4 Å². The largest absolute Gasteiger partial charge is 0.493 e. The first-order valence-electron chi connectivity index (χ1n) is 6.11. The predicted molar refractivity (Wildman–Crippen MR) is 67.0 cm³/mol. The fourth-order valence-corrected chi connectivity index (χ4v) is 2.23. The topological polar surface area (TPSA) is 62.1 Å². The van der Waals surface area contributed by atoms with Crippen LogP contribution < -0.4 is 10.1 Å². The number of carbonyl (C=O) groups is 1. The van der Waals surface area contributed by atoms with Gasteiger partial charge in [-0.3, -0.25) is 4.79 Å². The fourth-order valence-electron chi connectivity index (χ4n) is 2.23. The smallest absolute Gasteiger partial charge is 0.234 e. The zero-order valence-electron chi connectivity index (χ0n) is 10.4. The van der Waals surface area contributed by atoms with Gasteiger partial charge in [-0.15, -0.1) is 0 Å². The van der Waals surface area contributed by atoms with Crippen LogP contribution in [0.5, 0.6) is 5.75 Å². The molecule has 0 radical (unpaired) electrons. The Morgan fingerprint density at radius 1 is 1.61 bits per heavy atom. The van der Waals surface area contributed by atoms with Crippen molar-refractivity contribution in [2.75, 3.05) is 6.61 Å². The maximum atomic E-state index is 11.5. The van der Waals surface area contributed by atoms with E-state index in [4.69, 9.17) is 10.00 Å². The van der Waals surface area contributed by atoms with E-state index in [1.54, 1.807) is 0 Å². The molecule has 0 bridgehead atoms. The zero-order chi connectivity index (χ0) is 13.0. The van der Waals surface area contributed by atoms with Crippen LogP contribution >= 0.6 is 0 Å². The quantitative estimate of drug-likeness (QED) is 0.867. The number of ether oxygens (including phenoxy) is 1. The second-order valence-corrected chi connectivity index (χ2v) is 4.44. The summed E-state index contributed by atoms with van der Waals surface area (Å²) in [6, 6.07) is 7.75. The number of hydrogen-bond acceptors (Lipinski definition) is 3. The molecule has 1 N–H and O–H groups in total. The van der Waals surface area contributed by atoms with Crippen molar-refractivity contribution >= 4 is 5.91 Å². The number of rotatable bonds is 2. The van der Waals surface area contributed by atoms with Crippen LogP contribution in [-0.4, -0.2) is 12.5 Å². The van der Waals surface area contributed by atoms with Crippen LogP contribution in [-0.2, 0) is 4.79 Å². The van der Waals surface area contributed by atoms with Gasteiger partial charge in [-0.25, -0.2) is 0 Å². The minimum Gasteiger partial charge on any atom is -0.493 e. The Balaban J connectivity index is 2.25. The molecule has 1 atom stereocenters. The van der Waals surface area contributed by atoms with E-state index in [1.165, 1.54) is 0 Å². The van der Waals surface area contributed by atoms with Gasteiger partial charge < -0.3 is 10.1 Å². The van der Waals surface area contributed by atoms with Crippen molar-refractivity contribution in [2.24, 2.45) is 0 Å². The predicted octanol–water partition coefficient (Wildman–Crippen LogP) is 2.24. The molecule has 0 fully saturated rings. The van der Waals surface area contributed by atoms with E-state index in [9.17, 15) is 4.79 Å². The Bertz CT molecular complexity index is 491. The average molecular weight is 244 g/mol. The van der Waals surface area contributed by atoms with Gasteiger partial charge in [-0.2, -0.15) is 5.26 Å². The van der Waals surface area contributed by atoms with E-state index in [0.29, 0.717) is 6.61 Å². The molecule has 0 spiro atoms. The van der Waals surface area contributed by atoms with E-state index >= 15 is 0 Å². The molecule has 0 saturated heterocycles. The lowest BCUT2D eigenvalue weighted by Gasteiger charge is -2.18. The number of hydrogen-bond donors (Lipinski definition) is 1. The molecule has 4 heteroatoms. The number of nitrogens with one attached hydrogen (secondary N) is 1. The number of fused-ring (bicyclic) bond motifs is 1. The van der Waals surface area contributed by atoms with Gasteiger partial charge in [-0.05, 0) is 25.3 Å². The number of nitriles is 1. The summed E-state index contributed by atoms with van der Waals surface area (Å²) in [5.74, 6) is 0.647. The molecule has 1 unspecified atom stereocenters. The van der Waals surface area contributed by atoms with E-state index in [-0.39, 0.29) is 18.4 Å². The lowest BCUT2D eigenvalue weighted by molar-refractivity contribution is -0.120. The number of aryl methyl sites for hydroxylation is 1. The summed E-state index contributed by atoms with van der Waals surface area (Å²) < 4.78 is 5.73. The molecule has 1 aliphatic heterocycles. The highest BCUT2D eigenvalue weighted by molar-refractivity contribution is 5.78. The third-order valence-electron chi connectivity index (χ3n) is 3.08. The standard InChI is InChI=1S/C14H16N2O2/c1-10-4-2-5-11-12(16-13(17)7-8-15)6-3-9-18-14(10)11/h2,4-5,12H,3,6-7,9H2,1H3,(H,16,17). The lowest BCUT2D eigenvalue weighted by atomic mass is 9.99. The van der Waals surface area contributed by atoms with Crippen LogP contribution in [0.15, 0.2) is 18.2 Å². The SMILES string of the molecule is Cc1cccc2c1OCCCC2NC(=O)CC#N. The van der Waals surface area contributed by atoms with Gasteiger partial charge in [0, 0.05) is 5.56 Å². The highest BCUT2D eigenvalue weighted by atomic mass is 16.5. The van der Waals surface area contributed by atoms with Crippen molar-refractivity contribution in [2.45, 2.75) is 32.2 Å². The third-order valence-corrected chi connectivity index (χ3v) is 3.08. The molecule has 1 aromatic carbocycles. The molecular weight excluding hydrogens is 228 g/mol. The van der Waals surface area contributed by atoms with E-state index in [1.807, 2.05) is 31.2 Å². The summed E-state index contributed by atoms with van der Waals surface area (Å²) in [6.45, 7) is 2.67. The van der Waals surface area contributed by atoms with Crippen LogP contribution in [0, 0.1) is 18.3 Å². The monoisotopic (exact) mass is 244 g/mol. The second kappa shape index (κ2) is 5.54. The maximum Gasteiger partial charge on any atom is 0.234 e. The molecule has 1 amide bonds. The van der Waals surface area contributed by atoms with Gasteiger partial charge in [0.05, 0.1) is 18.7 Å². The van der Waals surface area contributed by atoms with Gasteiger partial charge in [-0.1, -0.05) is 18.2 Å². The Hall–Kier alpha value is -2.02. The molecule has 2 rings (SSSR count). The molecule has 1 aliphatic rings. The Morgan fingerprint density at radius 3 is 3.22 bits per heavy atom. The highest BCUT2D eigenvalue weighted by Crippen LogP contribution is 2.33. The average Bonchev–Trinajstić information content (AvgIpc) is 2.54. The normalized spacial score (nSPS) is 17.9. The minimum absolute atomic E-state index is 0.0525. The van der Waals surface area contributed by atoms with Gasteiger partial charge in [0.2, 0.25) is 5.91 Å². The molecule has 1 aromatic rings. The van der Waals surface area contributed by atoms with Gasteiger partial charge in [0.25, 0.3) is 0 Å². The van der Waals surface area contributed by atoms with E-state index in [0.717, 1.165) is 29.7 Å². The van der Waals surface area contributed by atoms with Crippen LogP contribution in [0.25, 0.3) is 0 Å². The molecule has 0 aromatic heterocycles. The lowest BCUT2D eigenvalue weighted by Crippen LogP contribution is -2.27. The number of amides is 1. The number of benzene rings is 1. The van der Waals surface area contributed by atoms with E-state index in [2.05, 4.69) is 5.32 Å². The first-order chi connectivity index (χ1) is 8.72. The first kappa shape index (κ1) is 12.4. The molecule has 4 nitrogen and oxygen atoms in total. The summed E-state index contributed by atoms with van der Waals surface area (Å²) in [5, 5.41) is 11.4. The molecular formula is C14H16N2O2. The Labute approximate surface area is 107 Å². The summed E-state index contributed by atoms with van der Waals surface area (Å²) in [5.41, 5.74) is 2.09. The van der Waals surface area contributed by atoms with Crippen LogP contribution in [0.3, 0.4) is 0 Å². The van der Waals surface area contributed by atoms with Crippen molar-refractivity contribution in [3.63, 3.8) is 0 Å². The Morgan fingerprint density at radius 2 is 2.44 bits per heavy atom. The number of para-hydroxylation sites is 1. The summed E-state index contributed by atoms with van der Waals surface area (Å²) >= 11 is 0. The molecule has 18 heavy (non-hydrogen) atoms. The Kier molecular flexibility index (Phi) is 3.83. The fraction of sp³-hybridized carbons (Fsp3) is 0.429. The maximum absolute atomic E-state index is 11.5. The van der Waals surface area contributed by atoms with Crippen LogP contribution in [0.4, 0.5) is 0 Å². The van der Waals surface area contributed by atoms with Crippen molar-refractivity contribution in [1.82, 2.24) is 5.32 Å². The van der Waals surface area contributed by atoms with E-state index < -0.39 is 0 Å². The van der Waals surface area contributed by atoms with Gasteiger partial charge in [0.1, 0.15) is 12.2 Å². The summed E-state index contributed by atoms with van der Waals surface area (Å²) in [4.78, 5) is 11.5. The summed E-state index contributed by atoms with van der Waals surface area (Å²) in [7, 11) is 0. The van der Waals surface area contributed by atoms with Crippen molar-refractivity contribution in [3.05, 3.63) is 29.3 Å². The number of nitrogens with zero attached hydrogens (tertiary/aromatic N) is 1. The molecule has 1 heterocycles. The minimum atomic E-state index is -0.225. The van der Waals surface area contributed by atoms with Gasteiger partial charge in [0.15, 0.2) is 0 Å². The molecule has 0 saturated carbocycles. The van der Waals surface area contributed by atoms with Crippen molar-refractivity contribution in [1.29, 1.82) is 5.26 Å². The van der Waals surface area contributed by atoms with Crippen LogP contribution in [0.2, 0.25) is 0 Å². The number of carbonyl (C=O) groups excluding carboxylic acids is 1. The third kappa shape index (κ3) is 2.62. The second-order valence-electron chi connectivity index (χ2n) is 4.44.